The summed E-state index contributed by atoms with van der Waals surface area (Å²) in [7, 11) is -4.37. The smallest absolute Gasteiger partial charge is 0.326 e. The Morgan fingerprint density at radius 2 is 1.64 bits per heavy atom. The lowest BCUT2D eigenvalue weighted by molar-refractivity contribution is -0.142. The highest BCUT2D eigenvalue weighted by Crippen LogP contribution is 2.43. The molecule has 1 saturated carbocycles. The van der Waals surface area contributed by atoms with E-state index in [1.165, 1.54) is 6.42 Å². The third-order valence-electron chi connectivity index (χ3n) is 12.4. The van der Waals surface area contributed by atoms with Gasteiger partial charge in [-0.25, -0.2) is 18.2 Å². The minimum Gasteiger partial charge on any atom is -0.489 e. The molecule has 9 rings (SSSR count). The Morgan fingerprint density at radius 1 is 0.940 bits per heavy atom. The van der Waals surface area contributed by atoms with Gasteiger partial charge in [0.25, 0.3) is 10.0 Å². The molecule has 6 aromatic rings. The highest BCUT2D eigenvalue weighted by atomic mass is 35.5. The number of fused-ring (bicyclic) bond motifs is 2. The van der Waals surface area contributed by atoms with Gasteiger partial charge in [0.15, 0.2) is 26.9 Å². The van der Waals surface area contributed by atoms with Crippen molar-refractivity contribution in [3.05, 3.63) is 152 Å². The molecule has 1 aromatic heterocycles. The number of nitriles is 1. The van der Waals surface area contributed by atoms with Gasteiger partial charge in [-0.15, -0.1) is 0 Å². The first-order valence-corrected chi connectivity index (χ1v) is 24.8. The molecule has 17 heteroatoms. The molecule has 0 saturated heterocycles. The standard InChI is InChI=1S/C50H45Cl2N5O8S2/c1-29-49(66-50(55-29)54-25-32-3-2-4-32)67(61,62)57-26-38-23-45-44(64-28-46(65-45)36-14-16-39(17-15-36)63-27-33-9-18-40(51)41(52)19-33)22-37(38)21-43(57)47(58)56-42(48(59)60)20-30-5-10-34(11-6-30)35-12-7-31(24-53)8-13-35/h5-19,22-23,32,42-43,46H,2-4,20-21,25-28H2,1H3,(H,54,55)(H,56,58)(H,59,60)/t42-,43-,46?/m0/s1. The fourth-order valence-corrected chi connectivity index (χ4v) is 11.8. The van der Waals surface area contributed by atoms with E-state index in [1.54, 1.807) is 55.5 Å². The number of halogens is 2. The molecule has 2 aliphatic heterocycles. The van der Waals surface area contributed by atoms with E-state index in [0.29, 0.717) is 79.4 Å². The third kappa shape index (κ3) is 10.2. The molecule has 3 heterocycles. The minimum atomic E-state index is -4.37. The Hall–Kier alpha value is -6.15. The zero-order chi connectivity index (χ0) is 46.8. The molecule has 3 atom stereocenters. The number of carboxylic acid groups (broad SMARTS) is 1. The van der Waals surface area contributed by atoms with Crippen LogP contribution in [0.1, 0.15) is 64.4 Å². The number of amides is 1. The molecule has 1 unspecified atom stereocenters. The van der Waals surface area contributed by atoms with Crippen molar-refractivity contribution in [3.63, 3.8) is 0 Å². The predicted molar refractivity (Wildman–Crippen MR) is 255 cm³/mol. The van der Waals surface area contributed by atoms with Crippen molar-refractivity contribution in [2.75, 3.05) is 18.5 Å². The number of nitrogens with one attached hydrogen (secondary N) is 2. The molecule has 1 aliphatic carbocycles. The van der Waals surface area contributed by atoms with Crippen molar-refractivity contribution >= 4 is 61.6 Å². The summed E-state index contributed by atoms with van der Waals surface area (Å²) >= 11 is 13.2. The van der Waals surface area contributed by atoms with Gasteiger partial charge >= 0.3 is 5.97 Å². The Balaban J connectivity index is 0.946. The summed E-state index contributed by atoms with van der Waals surface area (Å²) < 4.78 is 49.5. The van der Waals surface area contributed by atoms with Crippen molar-refractivity contribution in [1.82, 2.24) is 14.6 Å². The van der Waals surface area contributed by atoms with E-state index in [0.717, 1.165) is 50.7 Å². The first-order valence-electron chi connectivity index (χ1n) is 21.8. The minimum absolute atomic E-state index is 0.00370. The lowest BCUT2D eigenvalue weighted by Crippen LogP contribution is -2.55. The number of aromatic nitrogens is 1. The number of rotatable bonds is 15. The summed E-state index contributed by atoms with van der Waals surface area (Å²) in [5.74, 6) is -0.00295. The van der Waals surface area contributed by atoms with E-state index in [-0.39, 0.29) is 30.2 Å². The zero-order valence-electron chi connectivity index (χ0n) is 36.2. The van der Waals surface area contributed by atoms with Crippen LogP contribution in [0.5, 0.6) is 17.2 Å². The number of thiazole rings is 1. The number of anilines is 1. The molecule has 0 radical (unpaired) electrons. The Morgan fingerprint density at radius 3 is 2.31 bits per heavy atom. The number of aliphatic carboxylic acids is 1. The largest absolute Gasteiger partial charge is 0.489 e. The molecular formula is C50H45Cl2N5O8S2. The molecule has 344 valence electrons. The van der Waals surface area contributed by atoms with Gasteiger partial charge < -0.3 is 30.0 Å². The number of benzene rings is 5. The zero-order valence-corrected chi connectivity index (χ0v) is 39.4. The topological polar surface area (TPSA) is 180 Å². The highest BCUT2D eigenvalue weighted by molar-refractivity contribution is 7.91. The van der Waals surface area contributed by atoms with Crippen molar-refractivity contribution in [1.29, 1.82) is 5.26 Å². The monoisotopic (exact) mass is 977 g/mol. The van der Waals surface area contributed by atoms with Crippen LogP contribution in [0.15, 0.2) is 107 Å². The Kier molecular flexibility index (Phi) is 13.4. The lowest BCUT2D eigenvalue weighted by atomic mass is 9.86. The number of nitrogens with zero attached hydrogens (tertiary/aromatic N) is 3. The molecule has 1 fully saturated rings. The molecule has 5 aromatic carbocycles. The van der Waals surface area contributed by atoms with Gasteiger partial charge in [-0.3, -0.25) is 4.79 Å². The van der Waals surface area contributed by atoms with Crippen LogP contribution in [0.3, 0.4) is 0 Å². The first-order chi connectivity index (χ1) is 32.3. The van der Waals surface area contributed by atoms with Gasteiger partial charge in [0.1, 0.15) is 31.0 Å². The van der Waals surface area contributed by atoms with E-state index in [9.17, 15) is 23.1 Å². The predicted octanol–water partition coefficient (Wildman–Crippen LogP) is 9.53. The second-order valence-corrected chi connectivity index (χ2v) is 20.8. The number of sulfonamides is 1. The molecule has 3 aliphatic rings. The van der Waals surface area contributed by atoms with Gasteiger partial charge in [0.05, 0.1) is 27.4 Å². The molecule has 0 bridgehead atoms. The van der Waals surface area contributed by atoms with Crippen LogP contribution in [0.2, 0.25) is 10.0 Å². The molecule has 3 N–H and O–H groups in total. The maximum Gasteiger partial charge on any atom is 0.326 e. The number of aryl methyl sites for hydroxylation is 1. The summed E-state index contributed by atoms with van der Waals surface area (Å²) in [6, 6.07) is 30.1. The van der Waals surface area contributed by atoms with E-state index < -0.39 is 40.1 Å². The van der Waals surface area contributed by atoms with Crippen LogP contribution in [-0.2, 0) is 45.6 Å². The van der Waals surface area contributed by atoms with Gasteiger partial charge in [-0.2, -0.15) is 9.57 Å². The number of carbonyl (C=O) groups is 2. The Bertz CT molecular complexity index is 2980. The number of carbonyl (C=O) groups excluding carboxylic acids is 1. The van der Waals surface area contributed by atoms with Crippen LogP contribution in [-0.4, -0.2) is 59.9 Å². The average Bonchev–Trinajstić information content (AvgIpc) is 3.71. The first kappa shape index (κ1) is 46.0. The second-order valence-electron chi connectivity index (χ2n) is 16.9. The van der Waals surface area contributed by atoms with Gasteiger partial charge in [0.2, 0.25) is 5.91 Å². The average molecular weight is 979 g/mol. The maximum absolute atomic E-state index is 14.8. The summed E-state index contributed by atoms with van der Waals surface area (Å²) in [5, 5.41) is 26.9. The SMILES string of the molecule is Cc1nc(NCC2CCC2)sc1S(=O)(=O)N1Cc2cc3c(cc2C[C@H]1C(=O)N[C@@H](Cc1ccc(-c2ccc(C#N)cc2)cc1)C(=O)O)OCC(c1ccc(OCc2ccc(Cl)c(Cl)c2)cc1)O3. The normalized spacial score (nSPS) is 17.3. The lowest BCUT2D eigenvalue weighted by Gasteiger charge is -2.36. The third-order valence-corrected chi connectivity index (χ3v) is 16.7. The fourth-order valence-electron chi connectivity index (χ4n) is 8.35. The van der Waals surface area contributed by atoms with Gasteiger partial charge in [-0.05, 0) is 120 Å². The maximum atomic E-state index is 14.8. The summed E-state index contributed by atoms with van der Waals surface area (Å²) in [6.07, 6.45) is 2.79. The van der Waals surface area contributed by atoms with Gasteiger partial charge in [-0.1, -0.05) is 95.6 Å². The van der Waals surface area contributed by atoms with Crippen LogP contribution < -0.4 is 24.8 Å². The van der Waals surface area contributed by atoms with Crippen molar-refractivity contribution in [3.8, 4) is 34.4 Å². The molecule has 1 amide bonds. The van der Waals surface area contributed by atoms with Crippen LogP contribution >= 0.6 is 34.5 Å². The molecule has 13 nitrogen and oxygen atoms in total. The van der Waals surface area contributed by atoms with Crippen LogP contribution in [0.25, 0.3) is 11.1 Å². The fraction of sp³-hybridized carbons (Fsp3) is 0.280. The summed E-state index contributed by atoms with van der Waals surface area (Å²) in [5.41, 5.74) is 6.24. The molecular weight excluding hydrogens is 934 g/mol. The van der Waals surface area contributed by atoms with Crippen molar-refractivity contribution in [2.45, 2.75) is 74.6 Å². The Labute approximate surface area is 402 Å². The molecule has 0 spiro atoms. The highest BCUT2D eigenvalue weighted by Gasteiger charge is 2.43. The number of hydrogen-bond acceptors (Lipinski definition) is 11. The van der Waals surface area contributed by atoms with E-state index in [2.05, 4.69) is 21.7 Å². The van der Waals surface area contributed by atoms with E-state index >= 15 is 0 Å². The number of carboxylic acids is 1. The summed E-state index contributed by atoms with van der Waals surface area (Å²) in [4.78, 5) is 31.7. The van der Waals surface area contributed by atoms with E-state index in [1.807, 2.05) is 54.6 Å². The van der Waals surface area contributed by atoms with Crippen molar-refractivity contribution < 1.29 is 37.3 Å². The van der Waals surface area contributed by atoms with Crippen LogP contribution in [0, 0.1) is 24.2 Å². The van der Waals surface area contributed by atoms with Gasteiger partial charge in [0, 0.05) is 19.5 Å². The molecule has 67 heavy (non-hydrogen) atoms. The van der Waals surface area contributed by atoms with E-state index in [4.69, 9.17) is 42.7 Å². The van der Waals surface area contributed by atoms with Crippen molar-refractivity contribution in [2.24, 2.45) is 5.92 Å². The number of hydrogen-bond donors (Lipinski definition) is 3. The second kappa shape index (κ2) is 19.6. The summed E-state index contributed by atoms with van der Waals surface area (Å²) in [6.45, 7) is 2.61. The quantitative estimate of drug-likeness (QED) is 0.0892. The van der Waals surface area contributed by atoms with Crippen LogP contribution in [0.4, 0.5) is 5.13 Å². The number of ether oxygens (including phenoxy) is 3.